The number of amides is 4. The number of rotatable bonds is 6. The van der Waals surface area contributed by atoms with Crippen LogP contribution >= 0.6 is 0 Å². The van der Waals surface area contributed by atoms with Gasteiger partial charge < -0.3 is 10.3 Å². The van der Waals surface area contributed by atoms with Gasteiger partial charge in [0.15, 0.2) is 0 Å². The van der Waals surface area contributed by atoms with Gasteiger partial charge in [0.05, 0.1) is 11.3 Å². The van der Waals surface area contributed by atoms with E-state index in [2.05, 4.69) is 10.3 Å². The Balaban J connectivity index is 1.22. The average molecular weight is 559 g/mol. The monoisotopic (exact) mass is 558 g/mol. The highest BCUT2D eigenvalue weighted by Crippen LogP contribution is 2.45. The Morgan fingerprint density at radius 2 is 1.60 bits per heavy atom. The largest absolute Gasteiger partial charge is 0.356 e. The number of carbonyl (C=O) groups excluding carboxylic acids is 3. The highest BCUT2D eigenvalue weighted by molar-refractivity contribution is 6.24. The van der Waals surface area contributed by atoms with E-state index < -0.39 is 24.0 Å². The first-order chi connectivity index (χ1) is 20.5. The number of halogens is 1. The molecule has 2 N–H and O–H groups in total. The predicted molar refractivity (Wildman–Crippen MR) is 158 cm³/mol. The second-order valence-electron chi connectivity index (χ2n) is 10.6. The molecule has 0 spiro atoms. The van der Waals surface area contributed by atoms with Crippen LogP contribution in [0.4, 0.5) is 14.9 Å². The number of fused-ring (bicyclic) bond motifs is 4. The molecule has 42 heavy (non-hydrogen) atoms. The van der Waals surface area contributed by atoms with Crippen LogP contribution < -0.4 is 10.2 Å². The summed E-state index contributed by atoms with van der Waals surface area (Å²) in [4.78, 5) is 48.0. The molecule has 1 fully saturated rings. The molecule has 2 aliphatic rings. The smallest absolute Gasteiger partial charge is 0.332 e. The maximum atomic E-state index is 14.2. The number of hydrogen-bond acceptors (Lipinski definition) is 3. The summed E-state index contributed by atoms with van der Waals surface area (Å²) in [6.45, 7) is 0.313. The van der Waals surface area contributed by atoms with E-state index >= 15 is 0 Å². The zero-order valence-corrected chi connectivity index (χ0v) is 22.6. The second kappa shape index (κ2) is 10.3. The van der Waals surface area contributed by atoms with E-state index in [1.165, 1.54) is 12.1 Å². The van der Waals surface area contributed by atoms with Gasteiger partial charge in [-0.15, -0.1) is 0 Å². The van der Waals surface area contributed by atoms with E-state index in [1.807, 2.05) is 54.6 Å². The third-order valence-electron chi connectivity index (χ3n) is 8.17. The quantitative estimate of drug-likeness (QED) is 0.260. The molecule has 0 aliphatic carbocycles. The highest BCUT2D eigenvalue weighted by Gasteiger charge is 2.53. The Morgan fingerprint density at radius 3 is 2.40 bits per heavy atom. The van der Waals surface area contributed by atoms with E-state index in [1.54, 1.807) is 41.3 Å². The van der Waals surface area contributed by atoms with E-state index in [0.29, 0.717) is 19.4 Å². The summed E-state index contributed by atoms with van der Waals surface area (Å²) in [5.41, 5.74) is 5.15. The van der Waals surface area contributed by atoms with Crippen LogP contribution in [-0.4, -0.2) is 40.3 Å². The van der Waals surface area contributed by atoms with Crippen molar-refractivity contribution in [3.8, 4) is 0 Å². The zero-order chi connectivity index (χ0) is 28.8. The summed E-state index contributed by atoms with van der Waals surface area (Å²) in [6.07, 6.45) is 0.881. The van der Waals surface area contributed by atoms with Gasteiger partial charge >= 0.3 is 6.03 Å². The molecule has 4 amide bonds. The van der Waals surface area contributed by atoms with Crippen LogP contribution in [0.1, 0.15) is 38.8 Å². The average Bonchev–Trinajstić information content (AvgIpc) is 3.51. The molecule has 2 atom stereocenters. The fourth-order valence-corrected chi connectivity index (χ4v) is 6.21. The molecule has 0 saturated carbocycles. The molecule has 0 bridgehead atoms. The number of urea groups is 1. The number of aromatic nitrogens is 1. The Hall–Kier alpha value is -5.24. The lowest BCUT2D eigenvalue weighted by Gasteiger charge is -2.36. The minimum atomic E-state index is -0.719. The summed E-state index contributed by atoms with van der Waals surface area (Å²) in [5, 5.41) is 3.92. The van der Waals surface area contributed by atoms with Crippen molar-refractivity contribution in [2.75, 3.05) is 11.4 Å². The van der Waals surface area contributed by atoms with Crippen molar-refractivity contribution in [1.82, 2.24) is 15.2 Å². The number of H-pyrrole nitrogens is 1. The van der Waals surface area contributed by atoms with Crippen molar-refractivity contribution in [3.05, 3.63) is 137 Å². The van der Waals surface area contributed by atoms with Crippen molar-refractivity contribution >= 4 is 34.4 Å². The summed E-state index contributed by atoms with van der Waals surface area (Å²) in [7, 11) is 0. The van der Waals surface area contributed by atoms with E-state index in [0.717, 1.165) is 38.2 Å². The van der Waals surface area contributed by atoms with Crippen LogP contribution in [0.3, 0.4) is 0 Å². The SMILES string of the molecule is O=C(NCCc1ccc(F)cc1)c1ccccc1N1C(=O)C2Cc3c([nH]c4ccccc34)C(c3ccccc3)N2C1=O. The lowest BCUT2D eigenvalue weighted by atomic mass is 9.89. The summed E-state index contributed by atoms with van der Waals surface area (Å²) in [6, 6.07) is 28.8. The van der Waals surface area contributed by atoms with E-state index in [-0.39, 0.29) is 23.0 Å². The first kappa shape index (κ1) is 25.7. The van der Waals surface area contributed by atoms with Crippen LogP contribution in [0.25, 0.3) is 10.9 Å². The predicted octanol–water partition coefficient (Wildman–Crippen LogP) is 5.76. The number of benzene rings is 4. The van der Waals surface area contributed by atoms with Gasteiger partial charge in [-0.3, -0.25) is 14.5 Å². The lowest BCUT2D eigenvalue weighted by molar-refractivity contribution is -0.120. The molecule has 7 nitrogen and oxygen atoms in total. The third kappa shape index (κ3) is 4.23. The van der Waals surface area contributed by atoms with Crippen molar-refractivity contribution in [2.24, 2.45) is 0 Å². The van der Waals surface area contributed by atoms with Crippen molar-refractivity contribution < 1.29 is 18.8 Å². The van der Waals surface area contributed by atoms with Crippen LogP contribution in [0.15, 0.2) is 103 Å². The normalized spacial score (nSPS) is 17.8. The van der Waals surface area contributed by atoms with Crippen LogP contribution in [0.5, 0.6) is 0 Å². The summed E-state index contributed by atoms with van der Waals surface area (Å²) < 4.78 is 13.2. The highest BCUT2D eigenvalue weighted by atomic mass is 19.1. The summed E-state index contributed by atoms with van der Waals surface area (Å²) >= 11 is 0. The first-order valence-corrected chi connectivity index (χ1v) is 13.9. The van der Waals surface area contributed by atoms with Crippen LogP contribution in [0, 0.1) is 5.82 Å². The van der Waals surface area contributed by atoms with Crippen LogP contribution in [0.2, 0.25) is 0 Å². The maximum Gasteiger partial charge on any atom is 0.332 e. The molecule has 5 aromatic rings. The van der Waals surface area contributed by atoms with Gasteiger partial charge in [0.1, 0.15) is 17.9 Å². The molecule has 0 radical (unpaired) electrons. The number of anilines is 1. The fraction of sp³-hybridized carbons (Fsp3) is 0.147. The number of aromatic amines is 1. The van der Waals surface area contributed by atoms with Gasteiger partial charge in [0, 0.05) is 29.6 Å². The molecule has 8 heteroatoms. The Labute approximate surface area is 241 Å². The Morgan fingerprint density at radius 1 is 0.881 bits per heavy atom. The third-order valence-corrected chi connectivity index (χ3v) is 8.17. The fourth-order valence-electron chi connectivity index (χ4n) is 6.21. The molecule has 2 aliphatic heterocycles. The molecule has 7 rings (SSSR count). The van der Waals surface area contributed by atoms with Crippen LogP contribution in [-0.2, 0) is 17.6 Å². The minimum absolute atomic E-state index is 0.235. The van der Waals surface area contributed by atoms with Gasteiger partial charge in [-0.1, -0.05) is 72.8 Å². The number of para-hydroxylation sites is 2. The van der Waals surface area contributed by atoms with Crippen molar-refractivity contribution in [1.29, 1.82) is 0 Å². The van der Waals surface area contributed by atoms with Gasteiger partial charge in [0.2, 0.25) is 0 Å². The van der Waals surface area contributed by atoms with Gasteiger partial charge in [0.25, 0.3) is 11.8 Å². The number of nitrogens with one attached hydrogen (secondary N) is 2. The van der Waals surface area contributed by atoms with Crippen molar-refractivity contribution in [3.63, 3.8) is 0 Å². The molecular weight excluding hydrogens is 531 g/mol. The number of hydrogen-bond donors (Lipinski definition) is 2. The Bertz CT molecular complexity index is 1830. The van der Waals surface area contributed by atoms with E-state index in [4.69, 9.17) is 0 Å². The van der Waals surface area contributed by atoms with Gasteiger partial charge in [-0.05, 0) is 53.4 Å². The lowest BCUT2D eigenvalue weighted by Crippen LogP contribution is -2.44. The molecule has 4 aromatic carbocycles. The molecule has 3 heterocycles. The molecule has 2 unspecified atom stereocenters. The van der Waals surface area contributed by atoms with Gasteiger partial charge in [-0.2, -0.15) is 0 Å². The number of carbonyl (C=O) groups is 3. The van der Waals surface area contributed by atoms with Gasteiger partial charge in [-0.25, -0.2) is 14.1 Å². The maximum absolute atomic E-state index is 14.2. The minimum Gasteiger partial charge on any atom is -0.356 e. The topological polar surface area (TPSA) is 85.5 Å². The molecule has 208 valence electrons. The first-order valence-electron chi connectivity index (χ1n) is 13.9. The van der Waals surface area contributed by atoms with Crippen molar-refractivity contribution in [2.45, 2.75) is 24.9 Å². The zero-order valence-electron chi connectivity index (χ0n) is 22.6. The van der Waals surface area contributed by atoms with E-state index in [9.17, 15) is 18.8 Å². The Kier molecular flexibility index (Phi) is 6.31. The molecule has 1 saturated heterocycles. The molecular formula is C34H27FN4O3. The standard InChI is InChI=1S/C34H27FN4O3/c35-23-16-14-21(15-17-23)18-19-36-32(40)25-11-5-7-13-28(25)39-33(41)29-20-26-24-10-4-6-12-27(24)37-30(26)31(38(29)34(39)42)22-8-2-1-3-9-22/h1-17,29,31,37H,18-20H2,(H,36,40). The second-order valence-corrected chi connectivity index (χ2v) is 10.6. The number of imide groups is 1. The number of nitrogens with zero attached hydrogens (tertiary/aromatic N) is 2. The molecule has 1 aromatic heterocycles. The summed E-state index contributed by atoms with van der Waals surface area (Å²) in [5.74, 6) is -1.07.